The fraction of sp³-hybridized carbons (Fsp3) is 0.222. The maximum atomic E-state index is 12.9. The van der Waals surface area contributed by atoms with Crippen LogP contribution >= 0.6 is 11.3 Å². The molecule has 1 amide bonds. The third kappa shape index (κ3) is 3.96. The van der Waals surface area contributed by atoms with Gasteiger partial charge < -0.3 is 4.57 Å². The van der Waals surface area contributed by atoms with Crippen LogP contribution in [0, 0.1) is 10.1 Å². The van der Waals surface area contributed by atoms with Crippen molar-refractivity contribution in [1.82, 2.24) is 4.57 Å². The molecule has 28 heavy (non-hydrogen) atoms. The Morgan fingerprint density at radius 1 is 1.25 bits per heavy atom. The lowest BCUT2D eigenvalue weighted by Gasteiger charge is -2.07. The number of hydrogen-bond donors (Lipinski definition) is 0. The minimum atomic E-state index is -4.56. The molecule has 0 atom stereocenters. The number of aromatic nitrogens is 1. The van der Waals surface area contributed by atoms with E-state index in [-0.39, 0.29) is 16.1 Å². The van der Waals surface area contributed by atoms with Crippen LogP contribution in [0.15, 0.2) is 47.5 Å². The molecule has 3 aromatic rings. The largest absolute Gasteiger partial charge is 0.416 e. The van der Waals surface area contributed by atoms with Gasteiger partial charge in [-0.1, -0.05) is 24.3 Å². The predicted octanol–water partition coefficient (Wildman–Crippen LogP) is 4.78. The topological polar surface area (TPSA) is 77.5 Å². The molecule has 146 valence electrons. The molecule has 6 nitrogen and oxygen atoms in total. The summed E-state index contributed by atoms with van der Waals surface area (Å²) in [6.45, 7) is 2.42. The normalized spacial score (nSPS) is 12.5. The number of halogens is 3. The highest BCUT2D eigenvalue weighted by Crippen LogP contribution is 2.29. The number of amides is 1. The number of carbonyl (C=O) groups excluding carboxylic acids is 1. The summed E-state index contributed by atoms with van der Waals surface area (Å²) < 4.78 is 40.9. The fourth-order valence-electron chi connectivity index (χ4n) is 2.68. The van der Waals surface area contributed by atoms with Crippen LogP contribution in [-0.4, -0.2) is 15.4 Å². The molecule has 3 rings (SSSR count). The van der Waals surface area contributed by atoms with Gasteiger partial charge in [-0.3, -0.25) is 14.9 Å². The van der Waals surface area contributed by atoms with Crippen molar-refractivity contribution < 1.29 is 22.9 Å². The zero-order valence-corrected chi connectivity index (χ0v) is 15.4. The summed E-state index contributed by atoms with van der Waals surface area (Å²) in [4.78, 5) is 27.2. The van der Waals surface area contributed by atoms with Crippen LogP contribution in [0.1, 0.15) is 29.3 Å². The molecule has 0 aliphatic rings. The number of non-ortho nitro benzene ring substituents is 1. The summed E-state index contributed by atoms with van der Waals surface area (Å²) in [5, 5.41) is 11.0. The van der Waals surface area contributed by atoms with Gasteiger partial charge in [-0.25, -0.2) is 0 Å². The lowest BCUT2D eigenvalue weighted by molar-refractivity contribution is -0.384. The minimum absolute atomic E-state index is 0.0897. The number of alkyl halides is 3. The summed E-state index contributed by atoms with van der Waals surface area (Å²) in [6, 6.07) is 8.39. The number of nitrogens with zero attached hydrogens (tertiary/aromatic N) is 3. The average Bonchev–Trinajstić information content (AvgIpc) is 2.98. The van der Waals surface area contributed by atoms with E-state index in [9.17, 15) is 28.1 Å². The number of nitro groups is 1. The molecule has 1 heterocycles. The Morgan fingerprint density at radius 2 is 2.00 bits per heavy atom. The molecule has 0 saturated heterocycles. The SMILES string of the molecule is CCCn1c(=NC(=O)c2cccc(C(F)(F)F)c2)sc2cc([N+](=O)[O-])ccc21. The number of thiazole rings is 1. The van der Waals surface area contributed by atoms with Crippen LogP contribution in [0.25, 0.3) is 10.2 Å². The second kappa shape index (κ2) is 7.55. The summed E-state index contributed by atoms with van der Waals surface area (Å²) in [7, 11) is 0. The highest BCUT2D eigenvalue weighted by atomic mass is 32.1. The van der Waals surface area contributed by atoms with Gasteiger partial charge in [0.25, 0.3) is 11.6 Å². The molecule has 0 aliphatic heterocycles. The van der Waals surface area contributed by atoms with Crippen molar-refractivity contribution in [3.63, 3.8) is 0 Å². The fourth-order valence-corrected chi connectivity index (χ4v) is 3.77. The van der Waals surface area contributed by atoms with Crippen molar-refractivity contribution in [3.8, 4) is 0 Å². The van der Waals surface area contributed by atoms with Crippen molar-refractivity contribution >= 4 is 33.1 Å². The summed E-state index contributed by atoms with van der Waals surface area (Å²) >= 11 is 1.08. The molecule has 0 spiro atoms. The molecule has 0 N–H and O–H groups in total. The maximum absolute atomic E-state index is 12.9. The monoisotopic (exact) mass is 409 g/mol. The number of hydrogen-bond acceptors (Lipinski definition) is 4. The predicted molar refractivity (Wildman–Crippen MR) is 98.1 cm³/mol. The van der Waals surface area contributed by atoms with Crippen LogP contribution < -0.4 is 4.80 Å². The quantitative estimate of drug-likeness (QED) is 0.460. The van der Waals surface area contributed by atoms with Crippen molar-refractivity contribution in [2.75, 3.05) is 0 Å². The second-order valence-corrected chi connectivity index (χ2v) is 6.95. The standard InChI is InChI=1S/C18H14F3N3O3S/c1-2-8-23-14-7-6-13(24(26)27)10-15(14)28-17(23)22-16(25)11-4-3-5-12(9-11)18(19,20)21/h3-7,9-10H,2,8H2,1H3. The molecule has 0 saturated carbocycles. The molecular weight excluding hydrogens is 395 g/mol. The highest BCUT2D eigenvalue weighted by molar-refractivity contribution is 7.16. The molecule has 10 heteroatoms. The first-order chi connectivity index (χ1) is 13.2. The van der Waals surface area contributed by atoms with E-state index in [4.69, 9.17) is 0 Å². The van der Waals surface area contributed by atoms with Gasteiger partial charge in [-0.15, -0.1) is 0 Å². The zero-order chi connectivity index (χ0) is 20.5. The number of rotatable bonds is 4. The summed E-state index contributed by atoms with van der Waals surface area (Å²) in [5.74, 6) is -0.808. The molecule has 1 aromatic heterocycles. The first kappa shape index (κ1) is 19.7. The maximum Gasteiger partial charge on any atom is 0.416 e. The van der Waals surface area contributed by atoms with Gasteiger partial charge in [0, 0.05) is 24.2 Å². The molecule has 0 fully saturated rings. The first-order valence-electron chi connectivity index (χ1n) is 8.25. The van der Waals surface area contributed by atoms with Gasteiger partial charge in [0.15, 0.2) is 4.80 Å². The van der Waals surface area contributed by atoms with E-state index in [1.807, 2.05) is 6.92 Å². The molecule has 0 bridgehead atoms. The van der Waals surface area contributed by atoms with Crippen molar-refractivity contribution in [1.29, 1.82) is 0 Å². The third-order valence-electron chi connectivity index (χ3n) is 3.96. The molecular formula is C18H14F3N3O3S. The Labute approximate surface area is 160 Å². The van der Waals surface area contributed by atoms with Gasteiger partial charge >= 0.3 is 6.18 Å². The van der Waals surface area contributed by atoms with Crippen LogP contribution in [0.3, 0.4) is 0 Å². The lowest BCUT2D eigenvalue weighted by atomic mass is 10.1. The van der Waals surface area contributed by atoms with Gasteiger partial charge in [0.05, 0.1) is 20.7 Å². The van der Waals surface area contributed by atoms with E-state index in [2.05, 4.69) is 4.99 Å². The van der Waals surface area contributed by atoms with Crippen LogP contribution in [-0.2, 0) is 12.7 Å². The van der Waals surface area contributed by atoms with E-state index < -0.39 is 22.6 Å². The number of benzene rings is 2. The van der Waals surface area contributed by atoms with E-state index >= 15 is 0 Å². The van der Waals surface area contributed by atoms with E-state index in [0.717, 1.165) is 29.5 Å². The van der Waals surface area contributed by atoms with E-state index in [1.165, 1.54) is 18.2 Å². The third-order valence-corrected chi connectivity index (χ3v) is 5.00. The van der Waals surface area contributed by atoms with Crippen LogP contribution in [0.5, 0.6) is 0 Å². The lowest BCUT2D eigenvalue weighted by Crippen LogP contribution is -2.17. The zero-order valence-electron chi connectivity index (χ0n) is 14.6. The second-order valence-electron chi connectivity index (χ2n) is 5.94. The Hall–Kier alpha value is -3.01. The first-order valence-corrected chi connectivity index (χ1v) is 9.06. The average molecular weight is 409 g/mol. The number of fused-ring (bicyclic) bond motifs is 1. The van der Waals surface area contributed by atoms with E-state index in [0.29, 0.717) is 23.2 Å². The van der Waals surface area contributed by atoms with Crippen LogP contribution in [0.4, 0.5) is 18.9 Å². The van der Waals surface area contributed by atoms with Gasteiger partial charge in [0.1, 0.15) is 0 Å². The number of carbonyl (C=O) groups is 1. The molecule has 0 aliphatic carbocycles. The Bertz CT molecular complexity index is 1130. The van der Waals surface area contributed by atoms with Gasteiger partial charge in [-0.05, 0) is 30.7 Å². The Morgan fingerprint density at radius 3 is 2.64 bits per heavy atom. The van der Waals surface area contributed by atoms with Gasteiger partial charge in [0.2, 0.25) is 0 Å². The molecule has 2 aromatic carbocycles. The number of aryl methyl sites for hydroxylation is 1. The minimum Gasteiger partial charge on any atom is -0.316 e. The summed E-state index contributed by atoms with van der Waals surface area (Å²) in [6.07, 6.45) is -3.84. The van der Waals surface area contributed by atoms with Crippen molar-refractivity contribution in [3.05, 3.63) is 68.5 Å². The Kier molecular flexibility index (Phi) is 5.32. The number of nitro benzene ring substituents is 1. The van der Waals surface area contributed by atoms with Gasteiger partial charge in [-0.2, -0.15) is 18.2 Å². The van der Waals surface area contributed by atoms with Crippen molar-refractivity contribution in [2.45, 2.75) is 26.1 Å². The van der Waals surface area contributed by atoms with Crippen LogP contribution in [0.2, 0.25) is 0 Å². The van der Waals surface area contributed by atoms with Crippen molar-refractivity contribution in [2.24, 2.45) is 4.99 Å². The molecule has 0 radical (unpaired) electrons. The molecule has 0 unspecified atom stereocenters. The highest BCUT2D eigenvalue weighted by Gasteiger charge is 2.30. The smallest absolute Gasteiger partial charge is 0.316 e. The summed E-state index contributed by atoms with van der Waals surface area (Å²) in [5.41, 5.74) is -0.524. The van der Waals surface area contributed by atoms with E-state index in [1.54, 1.807) is 10.6 Å². The Balaban J connectivity index is 2.11.